The molecule has 1 N–H and O–H groups in total. The molecular weight excluding hydrogens is 156 g/mol. The Kier molecular flexibility index (Phi) is 1.83. The first-order chi connectivity index (χ1) is 4.20. The summed E-state index contributed by atoms with van der Waals surface area (Å²) in [7, 11) is 0. The first-order valence-corrected chi connectivity index (χ1v) is 3.62. The standard InChI is InChI=1S/C5H5ClN2S/c1-3(7)4-2-9-5(6)8-4/h2,7H,1H3. The maximum Gasteiger partial charge on any atom is 0.184 e. The van der Waals surface area contributed by atoms with E-state index in [-0.39, 0.29) is 0 Å². The fraction of sp³-hybridized carbons (Fsp3) is 0.200. The van der Waals surface area contributed by atoms with Crippen LogP contribution < -0.4 is 0 Å². The van der Waals surface area contributed by atoms with Crippen LogP contribution in [0.15, 0.2) is 5.38 Å². The Morgan fingerprint density at radius 3 is 2.78 bits per heavy atom. The van der Waals surface area contributed by atoms with Crippen LogP contribution in [-0.4, -0.2) is 10.7 Å². The molecule has 1 aromatic rings. The maximum atomic E-state index is 7.13. The molecule has 0 aliphatic heterocycles. The largest absolute Gasteiger partial charge is 0.303 e. The first kappa shape index (κ1) is 6.71. The highest BCUT2D eigenvalue weighted by molar-refractivity contribution is 7.14. The number of nitrogens with one attached hydrogen (secondary N) is 1. The second kappa shape index (κ2) is 2.45. The minimum absolute atomic E-state index is 0.457. The molecule has 0 unspecified atom stereocenters. The third-order valence-electron chi connectivity index (χ3n) is 0.860. The van der Waals surface area contributed by atoms with Crippen molar-refractivity contribution in [3.05, 3.63) is 15.5 Å². The van der Waals surface area contributed by atoms with E-state index in [1.807, 2.05) is 0 Å². The van der Waals surface area contributed by atoms with Crippen molar-refractivity contribution in [2.75, 3.05) is 0 Å². The minimum atomic E-state index is 0.457. The Balaban J connectivity index is 2.98. The van der Waals surface area contributed by atoms with Crippen molar-refractivity contribution in [1.82, 2.24) is 4.98 Å². The summed E-state index contributed by atoms with van der Waals surface area (Å²) in [5.74, 6) is 0. The molecule has 0 atom stereocenters. The van der Waals surface area contributed by atoms with Crippen LogP contribution in [-0.2, 0) is 0 Å². The molecule has 0 aromatic carbocycles. The van der Waals surface area contributed by atoms with Gasteiger partial charge in [0.15, 0.2) is 4.47 Å². The molecule has 2 nitrogen and oxygen atoms in total. The lowest BCUT2D eigenvalue weighted by atomic mass is 10.3. The van der Waals surface area contributed by atoms with Gasteiger partial charge in [-0.15, -0.1) is 11.3 Å². The molecule has 1 rings (SSSR count). The summed E-state index contributed by atoms with van der Waals surface area (Å²) >= 11 is 6.86. The average Bonchev–Trinajstić information content (AvgIpc) is 2.14. The van der Waals surface area contributed by atoms with Gasteiger partial charge in [0.25, 0.3) is 0 Å². The lowest BCUT2D eigenvalue weighted by Gasteiger charge is -1.83. The van der Waals surface area contributed by atoms with Gasteiger partial charge in [-0.3, -0.25) is 0 Å². The van der Waals surface area contributed by atoms with Crippen molar-refractivity contribution in [2.24, 2.45) is 0 Å². The van der Waals surface area contributed by atoms with Gasteiger partial charge < -0.3 is 5.41 Å². The van der Waals surface area contributed by atoms with E-state index < -0.39 is 0 Å². The molecule has 4 heteroatoms. The van der Waals surface area contributed by atoms with Crippen LogP contribution in [0.5, 0.6) is 0 Å². The number of rotatable bonds is 1. The van der Waals surface area contributed by atoms with Crippen molar-refractivity contribution >= 4 is 28.6 Å². The van der Waals surface area contributed by atoms with Crippen LogP contribution in [0, 0.1) is 5.41 Å². The zero-order valence-corrected chi connectivity index (χ0v) is 6.38. The summed E-state index contributed by atoms with van der Waals surface area (Å²) in [6, 6.07) is 0. The topological polar surface area (TPSA) is 36.7 Å². The zero-order valence-electron chi connectivity index (χ0n) is 4.81. The van der Waals surface area contributed by atoms with E-state index in [4.69, 9.17) is 17.0 Å². The summed E-state index contributed by atoms with van der Waals surface area (Å²) in [6.45, 7) is 1.69. The summed E-state index contributed by atoms with van der Waals surface area (Å²) in [4.78, 5) is 3.87. The Morgan fingerprint density at radius 1 is 1.89 bits per heavy atom. The molecule has 0 amide bonds. The van der Waals surface area contributed by atoms with Gasteiger partial charge in [0.2, 0.25) is 0 Å². The molecule has 0 fully saturated rings. The number of hydrogen-bond donors (Lipinski definition) is 1. The van der Waals surface area contributed by atoms with Crippen molar-refractivity contribution in [1.29, 1.82) is 5.41 Å². The van der Waals surface area contributed by atoms with E-state index in [2.05, 4.69) is 4.98 Å². The highest BCUT2D eigenvalue weighted by atomic mass is 35.5. The number of thiazole rings is 1. The lowest BCUT2D eigenvalue weighted by Crippen LogP contribution is -1.89. The SMILES string of the molecule is CC(=N)c1csc(Cl)n1. The predicted octanol–water partition coefficient (Wildman–Crippen LogP) is 2.18. The molecule has 0 saturated heterocycles. The molecule has 0 radical (unpaired) electrons. The van der Waals surface area contributed by atoms with Gasteiger partial charge >= 0.3 is 0 Å². The van der Waals surface area contributed by atoms with Gasteiger partial charge in [0.1, 0.15) is 0 Å². The van der Waals surface area contributed by atoms with Gasteiger partial charge in [-0.05, 0) is 6.92 Å². The van der Waals surface area contributed by atoms with E-state index in [1.165, 1.54) is 11.3 Å². The Labute approximate surface area is 62.0 Å². The smallest absolute Gasteiger partial charge is 0.184 e. The van der Waals surface area contributed by atoms with Crippen LogP contribution in [0.1, 0.15) is 12.6 Å². The maximum absolute atomic E-state index is 7.13. The third-order valence-corrected chi connectivity index (χ3v) is 1.84. The second-order valence-corrected chi connectivity index (χ2v) is 3.05. The van der Waals surface area contributed by atoms with Crippen molar-refractivity contribution in [2.45, 2.75) is 6.92 Å². The quantitative estimate of drug-likeness (QED) is 0.629. The van der Waals surface area contributed by atoms with Gasteiger partial charge in [-0.1, -0.05) is 11.6 Å². The predicted molar refractivity (Wildman–Crippen MR) is 39.6 cm³/mol. The van der Waals surface area contributed by atoms with Crippen molar-refractivity contribution in [3.8, 4) is 0 Å². The first-order valence-electron chi connectivity index (χ1n) is 2.36. The van der Waals surface area contributed by atoms with Crippen molar-refractivity contribution < 1.29 is 0 Å². The molecule has 0 aliphatic rings. The number of aromatic nitrogens is 1. The third kappa shape index (κ3) is 1.50. The average molecular weight is 161 g/mol. The molecule has 0 saturated carbocycles. The fourth-order valence-corrected chi connectivity index (χ4v) is 1.24. The van der Waals surface area contributed by atoms with Gasteiger partial charge in [-0.2, -0.15) is 0 Å². The summed E-state index contributed by atoms with van der Waals surface area (Å²) in [6.07, 6.45) is 0. The van der Waals surface area contributed by atoms with E-state index in [1.54, 1.807) is 12.3 Å². The lowest BCUT2D eigenvalue weighted by molar-refractivity contribution is 1.33. The molecule has 0 spiro atoms. The van der Waals surface area contributed by atoms with E-state index in [0.717, 1.165) is 0 Å². The minimum Gasteiger partial charge on any atom is -0.303 e. The summed E-state index contributed by atoms with van der Waals surface area (Å²) < 4.78 is 0.497. The Bertz CT molecular complexity index is 231. The Hall–Kier alpha value is -0.410. The molecule has 48 valence electrons. The van der Waals surface area contributed by atoms with Gasteiger partial charge in [0.05, 0.1) is 11.4 Å². The number of hydrogen-bond acceptors (Lipinski definition) is 3. The number of nitrogens with zero attached hydrogens (tertiary/aromatic N) is 1. The summed E-state index contributed by atoms with van der Waals surface area (Å²) in [5.41, 5.74) is 1.13. The Morgan fingerprint density at radius 2 is 2.56 bits per heavy atom. The van der Waals surface area contributed by atoms with Gasteiger partial charge in [-0.25, -0.2) is 4.98 Å². The monoisotopic (exact) mass is 160 g/mol. The van der Waals surface area contributed by atoms with Crippen LogP contribution >= 0.6 is 22.9 Å². The highest BCUT2D eigenvalue weighted by Crippen LogP contribution is 2.14. The number of halogens is 1. The van der Waals surface area contributed by atoms with E-state index in [9.17, 15) is 0 Å². The van der Waals surface area contributed by atoms with Crippen LogP contribution in [0.3, 0.4) is 0 Å². The molecule has 9 heavy (non-hydrogen) atoms. The fourth-order valence-electron chi connectivity index (χ4n) is 0.424. The molecule has 0 bridgehead atoms. The summed E-state index contributed by atoms with van der Waals surface area (Å²) in [5, 5.41) is 8.90. The molecular formula is C5H5ClN2S. The van der Waals surface area contributed by atoms with E-state index >= 15 is 0 Å². The van der Waals surface area contributed by atoms with Gasteiger partial charge in [0, 0.05) is 5.38 Å². The molecule has 1 aromatic heterocycles. The second-order valence-electron chi connectivity index (χ2n) is 1.61. The van der Waals surface area contributed by atoms with Crippen LogP contribution in [0.25, 0.3) is 0 Å². The van der Waals surface area contributed by atoms with Crippen LogP contribution in [0.2, 0.25) is 4.47 Å². The van der Waals surface area contributed by atoms with E-state index in [0.29, 0.717) is 15.9 Å². The molecule has 1 heterocycles. The molecule has 0 aliphatic carbocycles. The highest BCUT2D eigenvalue weighted by Gasteiger charge is 1.98. The van der Waals surface area contributed by atoms with Crippen LogP contribution in [0.4, 0.5) is 0 Å². The normalized spacial score (nSPS) is 9.56. The van der Waals surface area contributed by atoms with Crippen molar-refractivity contribution in [3.63, 3.8) is 0 Å². The zero-order chi connectivity index (χ0) is 6.85.